The lowest BCUT2D eigenvalue weighted by Gasteiger charge is -2.31. The number of oxime groups is 1. The minimum absolute atomic E-state index is 0.0661. The summed E-state index contributed by atoms with van der Waals surface area (Å²) in [6.45, 7) is 2.54. The molecule has 0 amide bonds. The molecular formula is C34H39N5O5. The summed E-state index contributed by atoms with van der Waals surface area (Å²) in [4.78, 5) is 19.3. The van der Waals surface area contributed by atoms with Crippen molar-refractivity contribution in [2.24, 2.45) is 5.16 Å². The Morgan fingerprint density at radius 3 is 2.48 bits per heavy atom. The van der Waals surface area contributed by atoms with Crippen molar-refractivity contribution in [3.8, 4) is 11.1 Å². The van der Waals surface area contributed by atoms with Crippen LogP contribution < -0.4 is 10.9 Å². The van der Waals surface area contributed by atoms with Crippen LogP contribution in [-0.2, 0) is 22.4 Å². The van der Waals surface area contributed by atoms with Gasteiger partial charge in [-0.2, -0.15) is 5.10 Å². The lowest BCUT2D eigenvalue weighted by atomic mass is 9.92. The number of aliphatic hydroxyl groups is 2. The van der Waals surface area contributed by atoms with Gasteiger partial charge in [0.05, 0.1) is 30.2 Å². The Morgan fingerprint density at radius 1 is 1.05 bits per heavy atom. The van der Waals surface area contributed by atoms with Gasteiger partial charge in [-0.15, -0.1) is 0 Å². The molecule has 1 atom stereocenters. The van der Waals surface area contributed by atoms with Crippen LogP contribution in [0.2, 0.25) is 0 Å². The molecule has 2 aliphatic carbocycles. The van der Waals surface area contributed by atoms with Gasteiger partial charge in [0.15, 0.2) is 5.84 Å². The molecule has 2 saturated carbocycles. The van der Waals surface area contributed by atoms with Gasteiger partial charge in [-0.25, -0.2) is 4.52 Å². The molecule has 230 valence electrons. The van der Waals surface area contributed by atoms with Gasteiger partial charge in [0.2, 0.25) is 0 Å². The second-order valence-corrected chi connectivity index (χ2v) is 12.4. The monoisotopic (exact) mass is 597 g/mol. The zero-order valence-corrected chi connectivity index (χ0v) is 25.0. The maximum absolute atomic E-state index is 14.3. The standard InChI is InChI=1S/C34H39N5O5/c1-2-5-29-28(20-22-8-10-23(11-9-22)26-6-3-4-7-27(26)31-36-33(41)44-37-31)32(40)38(30-16-19-35-39(29)30)24-12-14-25(15-13-24)43-21-34(42)17-18-34/h3-4,6-11,16,19,24-25,33,41-42H,2,5,12-15,17-18,20-21H2,1H3,(H,36,37)/t24-,25-,33?. The number of aryl methyl sites for hydroxylation is 1. The third-order valence-corrected chi connectivity index (χ3v) is 9.19. The molecule has 7 rings (SSSR count). The Bertz CT molecular complexity index is 1730. The first kappa shape index (κ1) is 28.8. The first-order valence-electron chi connectivity index (χ1n) is 15.7. The third-order valence-electron chi connectivity index (χ3n) is 9.19. The summed E-state index contributed by atoms with van der Waals surface area (Å²) in [5.41, 5.74) is 5.91. The number of aliphatic hydroxyl groups excluding tert-OH is 1. The summed E-state index contributed by atoms with van der Waals surface area (Å²) in [6, 6.07) is 18.1. The Balaban J connectivity index is 1.16. The molecule has 3 heterocycles. The van der Waals surface area contributed by atoms with Crippen molar-refractivity contribution in [3.63, 3.8) is 0 Å². The maximum Gasteiger partial charge on any atom is 0.304 e. The van der Waals surface area contributed by atoms with Gasteiger partial charge < -0.3 is 25.1 Å². The number of amidine groups is 1. The zero-order chi connectivity index (χ0) is 30.3. The van der Waals surface area contributed by atoms with Crippen molar-refractivity contribution < 1.29 is 19.8 Å². The number of aromatic nitrogens is 3. The van der Waals surface area contributed by atoms with Gasteiger partial charge in [-0.1, -0.05) is 67.0 Å². The first-order chi connectivity index (χ1) is 21.4. The molecule has 0 radical (unpaired) electrons. The quantitative estimate of drug-likeness (QED) is 0.249. The molecule has 3 aliphatic rings. The van der Waals surface area contributed by atoms with E-state index in [0.717, 1.165) is 90.5 Å². The highest BCUT2D eigenvalue weighted by molar-refractivity contribution is 6.04. The van der Waals surface area contributed by atoms with Crippen LogP contribution in [0.4, 0.5) is 0 Å². The van der Waals surface area contributed by atoms with E-state index in [1.807, 2.05) is 39.4 Å². The SMILES string of the molecule is CCCc1c(Cc2ccc(-c3ccccc3C3=NOC(O)N3)cc2)c(=O)n([C@H]2CC[C@H](OCC3(O)CC3)CC2)c2ccnn12. The van der Waals surface area contributed by atoms with Gasteiger partial charge in [0.25, 0.3) is 5.56 Å². The second kappa shape index (κ2) is 11.8. The number of hydrogen-bond donors (Lipinski definition) is 3. The topological polar surface area (TPSA) is 123 Å². The second-order valence-electron chi connectivity index (χ2n) is 12.4. The predicted octanol–water partition coefficient (Wildman–Crippen LogP) is 4.29. The predicted molar refractivity (Wildman–Crippen MR) is 166 cm³/mol. The van der Waals surface area contributed by atoms with E-state index in [-0.39, 0.29) is 17.7 Å². The number of rotatable bonds is 10. The molecule has 44 heavy (non-hydrogen) atoms. The lowest BCUT2D eigenvalue weighted by molar-refractivity contribution is -0.0896. The molecule has 2 aromatic heterocycles. The number of hydrogen-bond acceptors (Lipinski definition) is 8. The van der Waals surface area contributed by atoms with Crippen LogP contribution in [0.1, 0.15) is 80.3 Å². The smallest absolute Gasteiger partial charge is 0.304 e. The average Bonchev–Trinajstić information content (AvgIpc) is 3.37. The normalized spacial score (nSPS) is 22.4. The first-order valence-corrected chi connectivity index (χ1v) is 15.7. The molecule has 4 aromatic rings. The molecular weight excluding hydrogens is 558 g/mol. The van der Waals surface area contributed by atoms with Crippen LogP contribution in [-0.4, -0.2) is 55.0 Å². The third kappa shape index (κ3) is 5.65. The van der Waals surface area contributed by atoms with Crippen molar-refractivity contribution in [1.29, 1.82) is 0 Å². The summed E-state index contributed by atoms with van der Waals surface area (Å²) < 4.78 is 10.00. The molecule has 0 saturated heterocycles. The molecule has 0 bridgehead atoms. The highest BCUT2D eigenvalue weighted by Crippen LogP contribution is 2.37. The van der Waals surface area contributed by atoms with Gasteiger partial charge in [-0.05, 0) is 61.6 Å². The maximum atomic E-state index is 14.3. The van der Waals surface area contributed by atoms with Crippen molar-refractivity contribution in [3.05, 3.63) is 93.5 Å². The number of ether oxygens (including phenoxy) is 1. The summed E-state index contributed by atoms with van der Waals surface area (Å²) in [7, 11) is 0. The van der Waals surface area contributed by atoms with E-state index in [0.29, 0.717) is 18.9 Å². The number of fused-ring (bicyclic) bond motifs is 1. The Labute approximate surface area is 255 Å². The van der Waals surface area contributed by atoms with Crippen molar-refractivity contribution in [1.82, 2.24) is 19.5 Å². The molecule has 1 aliphatic heterocycles. The van der Waals surface area contributed by atoms with Crippen LogP contribution >= 0.6 is 0 Å². The van der Waals surface area contributed by atoms with E-state index >= 15 is 0 Å². The van der Waals surface area contributed by atoms with Crippen LogP contribution in [0.25, 0.3) is 16.8 Å². The van der Waals surface area contributed by atoms with Crippen LogP contribution in [0.15, 0.2) is 70.7 Å². The molecule has 10 nitrogen and oxygen atoms in total. The van der Waals surface area contributed by atoms with Crippen molar-refractivity contribution >= 4 is 11.5 Å². The molecule has 1 unspecified atom stereocenters. The van der Waals surface area contributed by atoms with Crippen molar-refractivity contribution in [2.75, 3.05) is 6.61 Å². The Morgan fingerprint density at radius 2 is 1.80 bits per heavy atom. The van der Waals surface area contributed by atoms with E-state index in [4.69, 9.17) is 9.57 Å². The Kier molecular flexibility index (Phi) is 7.74. The van der Waals surface area contributed by atoms with Gasteiger partial charge in [0.1, 0.15) is 5.65 Å². The number of benzene rings is 2. The van der Waals surface area contributed by atoms with E-state index in [9.17, 15) is 15.0 Å². The fraction of sp³-hybridized carbons (Fsp3) is 0.441. The van der Waals surface area contributed by atoms with E-state index < -0.39 is 12.0 Å². The van der Waals surface area contributed by atoms with Crippen LogP contribution in [0.3, 0.4) is 0 Å². The highest BCUT2D eigenvalue weighted by Gasteiger charge is 2.41. The lowest BCUT2D eigenvalue weighted by Crippen LogP contribution is -2.35. The molecule has 2 fully saturated rings. The minimum atomic E-state index is -1.15. The highest BCUT2D eigenvalue weighted by atomic mass is 16.7. The van der Waals surface area contributed by atoms with Gasteiger partial charge in [0, 0.05) is 29.7 Å². The van der Waals surface area contributed by atoms with Crippen molar-refractivity contribution in [2.45, 2.75) is 88.9 Å². The summed E-state index contributed by atoms with van der Waals surface area (Å²) >= 11 is 0. The zero-order valence-electron chi connectivity index (χ0n) is 25.0. The molecule has 2 aromatic carbocycles. The van der Waals surface area contributed by atoms with E-state index in [1.54, 1.807) is 6.20 Å². The van der Waals surface area contributed by atoms with Gasteiger partial charge >= 0.3 is 6.41 Å². The fourth-order valence-corrected chi connectivity index (χ4v) is 6.59. The summed E-state index contributed by atoms with van der Waals surface area (Å²) in [6.07, 6.45) is 8.05. The molecule has 10 heteroatoms. The summed E-state index contributed by atoms with van der Waals surface area (Å²) in [5, 5.41) is 31.4. The van der Waals surface area contributed by atoms with Crippen LogP contribution in [0, 0.1) is 0 Å². The summed E-state index contributed by atoms with van der Waals surface area (Å²) in [5.74, 6) is 0.482. The molecule has 0 spiro atoms. The average molecular weight is 598 g/mol. The molecule has 3 N–H and O–H groups in total. The van der Waals surface area contributed by atoms with E-state index in [2.05, 4.69) is 46.8 Å². The fourth-order valence-electron chi connectivity index (χ4n) is 6.59. The Hall–Kier alpha value is -3.99. The number of nitrogens with zero attached hydrogens (tertiary/aromatic N) is 4. The van der Waals surface area contributed by atoms with Crippen LogP contribution in [0.5, 0.6) is 0 Å². The largest absolute Gasteiger partial charge is 0.387 e. The number of nitrogens with one attached hydrogen (secondary N) is 1. The minimum Gasteiger partial charge on any atom is -0.387 e. The van der Waals surface area contributed by atoms with Gasteiger partial charge in [-0.3, -0.25) is 9.36 Å². The van der Waals surface area contributed by atoms with E-state index in [1.165, 1.54) is 0 Å².